The fraction of sp³-hybridized carbons (Fsp3) is 0.0556. The van der Waals surface area contributed by atoms with Crippen molar-refractivity contribution in [1.29, 1.82) is 0 Å². The summed E-state index contributed by atoms with van der Waals surface area (Å²) in [5.41, 5.74) is 1.50. The minimum atomic E-state index is -1.05. The number of para-hydroxylation sites is 1. The van der Waals surface area contributed by atoms with Gasteiger partial charge >= 0.3 is 5.97 Å². The average Bonchev–Trinajstić information content (AvgIpc) is 2.93. The minimum absolute atomic E-state index is 0.225. The summed E-state index contributed by atoms with van der Waals surface area (Å²) in [7, 11) is 0. The van der Waals surface area contributed by atoms with Gasteiger partial charge in [-0.1, -0.05) is 30.3 Å². The molecule has 1 heterocycles. The number of carbonyl (C=O) groups excluding carboxylic acids is 1. The molecule has 0 saturated carbocycles. The van der Waals surface area contributed by atoms with E-state index in [0.29, 0.717) is 15.8 Å². The number of nitrogens with zero attached hydrogens (tertiary/aromatic N) is 1. The number of benzene rings is 2. The lowest BCUT2D eigenvalue weighted by atomic mass is 10.2. The Kier molecular flexibility index (Phi) is 5.15. The number of carboxylic acids is 1. The number of hydrogen-bond acceptors (Lipinski definition) is 5. The molecule has 1 fully saturated rings. The lowest BCUT2D eigenvalue weighted by molar-refractivity contribution is -0.139. The van der Waals surface area contributed by atoms with Gasteiger partial charge in [-0.3, -0.25) is 4.79 Å². The number of rotatable bonds is 5. The van der Waals surface area contributed by atoms with E-state index < -0.39 is 12.6 Å². The van der Waals surface area contributed by atoms with Crippen LogP contribution in [-0.4, -0.2) is 28.8 Å². The molecule has 7 heteroatoms. The minimum Gasteiger partial charge on any atom is -0.482 e. The summed E-state index contributed by atoms with van der Waals surface area (Å²) in [6.45, 7) is -0.414. The van der Waals surface area contributed by atoms with Crippen molar-refractivity contribution in [1.82, 2.24) is 5.32 Å². The first-order chi connectivity index (χ1) is 12.1. The van der Waals surface area contributed by atoms with Gasteiger partial charge in [-0.15, -0.1) is 0 Å². The average molecular weight is 354 g/mol. The fourth-order valence-corrected chi connectivity index (χ4v) is 2.93. The molecule has 2 N–H and O–H groups in total. The maximum Gasteiger partial charge on any atom is 0.341 e. The molecule has 1 aliphatic heterocycles. The second-order valence-electron chi connectivity index (χ2n) is 5.07. The van der Waals surface area contributed by atoms with Crippen LogP contribution in [0.3, 0.4) is 0 Å². The van der Waals surface area contributed by atoms with Gasteiger partial charge in [0.1, 0.15) is 5.75 Å². The first-order valence-electron chi connectivity index (χ1n) is 7.39. The Morgan fingerprint density at radius 2 is 2.00 bits per heavy atom. The molecule has 126 valence electrons. The Morgan fingerprint density at radius 3 is 2.76 bits per heavy atom. The monoisotopic (exact) mass is 354 g/mol. The molecule has 2 aromatic carbocycles. The predicted molar refractivity (Wildman–Crippen MR) is 96.8 cm³/mol. The largest absolute Gasteiger partial charge is 0.482 e. The van der Waals surface area contributed by atoms with Crippen LogP contribution in [0.2, 0.25) is 0 Å². The number of carboxylic acid groups (broad SMARTS) is 1. The van der Waals surface area contributed by atoms with Gasteiger partial charge in [0.2, 0.25) is 0 Å². The molecule has 2 aromatic rings. The zero-order chi connectivity index (χ0) is 17.6. The van der Waals surface area contributed by atoms with Gasteiger partial charge in [-0.05, 0) is 47.7 Å². The third-order valence-electron chi connectivity index (χ3n) is 3.16. The molecule has 1 saturated heterocycles. The van der Waals surface area contributed by atoms with Crippen molar-refractivity contribution >= 4 is 40.6 Å². The molecule has 6 nitrogen and oxygen atoms in total. The lowest BCUT2D eigenvalue weighted by Gasteiger charge is -2.03. The Morgan fingerprint density at radius 1 is 1.20 bits per heavy atom. The Hall–Kier alpha value is -3.06. The number of thioether (sulfide) groups is 1. The fourth-order valence-electron chi connectivity index (χ4n) is 2.09. The van der Waals surface area contributed by atoms with Crippen molar-refractivity contribution < 1.29 is 19.4 Å². The maximum absolute atomic E-state index is 12.1. The van der Waals surface area contributed by atoms with Gasteiger partial charge < -0.3 is 15.2 Å². The van der Waals surface area contributed by atoms with Crippen molar-refractivity contribution in [2.75, 3.05) is 6.61 Å². The highest BCUT2D eigenvalue weighted by Crippen LogP contribution is 2.28. The maximum atomic E-state index is 12.1. The van der Waals surface area contributed by atoms with Crippen LogP contribution in [0.4, 0.5) is 5.69 Å². The normalized spacial score (nSPS) is 16.9. The number of amidine groups is 1. The Balaban J connectivity index is 1.75. The number of aliphatic imine (C=N–C) groups is 1. The first kappa shape index (κ1) is 16.8. The van der Waals surface area contributed by atoms with Crippen LogP contribution in [0, 0.1) is 0 Å². The molecule has 0 spiro atoms. The molecule has 1 aliphatic rings. The number of aliphatic carboxylic acids is 1. The summed E-state index contributed by atoms with van der Waals surface area (Å²) in [5.74, 6) is -0.842. The van der Waals surface area contributed by atoms with E-state index in [1.165, 1.54) is 11.8 Å². The Bertz CT molecular complexity index is 862. The lowest BCUT2D eigenvalue weighted by Crippen LogP contribution is -2.19. The first-order valence-corrected chi connectivity index (χ1v) is 8.21. The van der Waals surface area contributed by atoms with Crippen molar-refractivity contribution in [3.63, 3.8) is 0 Å². The van der Waals surface area contributed by atoms with E-state index in [4.69, 9.17) is 9.84 Å². The van der Waals surface area contributed by atoms with Gasteiger partial charge in [-0.25, -0.2) is 9.79 Å². The molecule has 3 rings (SSSR count). The molecule has 0 bridgehead atoms. The third kappa shape index (κ3) is 4.71. The van der Waals surface area contributed by atoms with E-state index in [-0.39, 0.29) is 5.91 Å². The van der Waals surface area contributed by atoms with Crippen LogP contribution in [0.1, 0.15) is 5.56 Å². The second kappa shape index (κ2) is 7.67. The summed E-state index contributed by atoms with van der Waals surface area (Å²) in [5, 5.41) is 11.9. The highest BCUT2D eigenvalue weighted by molar-refractivity contribution is 8.18. The molecule has 1 amide bonds. The highest BCUT2D eigenvalue weighted by atomic mass is 32.2. The summed E-state index contributed by atoms with van der Waals surface area (Å²) >= 11 is 1.25. The van der Waals surface area contributed by atoms with E-state index in [1.54, 1.807) is 30.3 Å². The van der Waals surface area contributed by atoms with Crippen molar-refractivity contribution in [2.45, 2.75) is 0 Å². The zero-order valence-electron chi connectivity index (χ0n) is 13.0. The summed E-state index contributed by atoms with van der Waals surface area (Å²) in [4.78, 5) is 27.5. The van der Waals surface area contributed by atoms with Crippen LogP contribution in [0.15, 0.2) is 64.5 Å². The molecule has 0 aromatic heterocycles. The van der Waals surface area contributed by atoms with Crippen LogP contribution < -0.4 is 10.1 Å². The number of nitrogens with one attached hydrogen (secondary N) is 1. The number of hydrogen-bond donors (Lipinski definition) is 2. The standard InChI is InChI=1S/C18H14N2O4S/c21-16(22)11-24-14-8-4-5-12(9-14)10-15-17(23)20-18(25-15)19-13-6-2-1-3-7-13/h1-10H,11H2,(H,21,22)(H,19,20,23). The number of ether oxygens (including phenoxy) is 1. The van der Waals surface area contributed by atoms with Crippen molar-refractivity contribution in [3.05, 3.63) is 65.1 Å². The van der Waals surface area contributed by atoms with Gasteiger partial charge in [0.25, 0.3) is 5.91 Å². The third-order valence-corrected chi connectivity index (χ3v) is 4.07. The predicted octanol–water partition coefficient (Wildman–Crippen LogP) is 3.04. The van der Waals surface area contributed by atoms with Crippen molar-refractivity contribution in [2.24, 2.45) is 4.99 Å². The topological polar surface area (TPSA) is 88.0 Å². The van der Waals surface area contributed by atoms with Crippen LogP contribution in [-0.2, 0) is 9.59 Å². The molecular formula is C18H14N2O4S. The van der Waals surface area contributed by atoms with Crippen LogP contribution in [0.25, 0.3) is 6.08 Å². The van der Waals surface area contributed by atoms with E-state index in [2.05, 4.69) is 10.3 Å². The molecule has 25 heavy (non-hydrogen) atoms. The van der Waals surface area contributed by atoms with Gasteiger partial charge in [0.15, 0.2) is 11.8 Å². The SMILES string of the molecule is O=C(O)COc1cccc(C=C2SC(=Nc3ccccc3)NC2=O)c1. The van der Waals surface area contributed by atoms with Gasteiger partial charge in [0.05, 0.1) is 10.6 Å². The zero-order valence-corrected chi connectivity index (χ0v) is 13.8. The molecular weight excluding hydrogens is 340 g/mol. The molecule has 0 unspecified atom stereocenters. The van der Waals surface area contributed by atoms with E-state index >= 15 is 0 Å². The molecule has 0 atom stereocenters. The highest BCUT2D eigenvalue weighted by Gasteiger charge is 2.23. The van der Waals surface area contributed by atoms with Crippen LogP contribution >= 0.6 is 11.8 Å². The van der Waals surface area contributed by atoms with E-state index in [1.807, 2.05) is 30.3 Å². The van der Waals surface area contributed by atoms with Gasteiger partial charge in [0, 0.05) is 0 Å². The number of amides is 1. The number of carbonyl (C=O) groups is 2. The summed E-state index contributed by atoms with van der Waals surface area (Å²) in [6, 6.07) is 16.2. The van der Waals surface area contributed by atoms with E-state index in [9.17, 15) is 9.59 Å². The smallest absolute Gasteiger partial charge is 0.341 e. The van der Waals surface area contributed by atoms with Gasteiger partial charge in [-0.2, -0.15) is 0 Å². The summed E-state index contributed by atoms with van der Waals surface area (Å²) in [6.07, 6.45) is 1.71. The molecule has 0 aliphatic carbocycles. The van der Waals surface area contributed by atoms with Crippen LogP contribution in [0.5, 0.6) is 5.75 Å². The second-order valence-corrected chi connectivity index (χ2v) is 6.10. The van der Waals surface area contributed by atoms with Crippen molar-refractivity contribution in [3.8, 4) is 5.75 Å². The summed E-state index contributed by atoms with van der Waals surface area (Å²) < 4.78 is 5.14. The molecule has 0 radical (unpaired) electrons. The van der Waals surface area contributed by atoms with E-state index in [0.717, 1.165) is 11.3 Å². The Labute approximate surface area is 148 Å². The quantitative estimate of drug-likeness (QED) is 0.806.